The van der Waals surface area contributed by atoms with Crippen LogP contribution < -0.4 is 5.32 Å². The van der Waals surface area contributed by atoms with Gasteiger partial charge in [-0.1, -0.05) is 12.1 Å². The van der Waals surface area contributed by atoms with E-state index in [0.29, 0.717) is 22.9 Å². The normalized spacial score (nSPS) is 27.0. The molecule has 1 aromatic rings. The molecule has 0 aliphatic carbocycles. The van der Waals surface area contributed by atoms with Crippen LogP contribution in [0.25, 0.3) is 0 Å². The van der Waals surface area contributed by atoms with Gasteiger partial charge in [0.2, 0.25) is 5.91 Å². The zero-order chi connectivity index (χ0) is 14.1. The van der Waals surface area contributed by atoms with Crippen molar-refractivity contribution in [3.05, 3.63) is 34.1 Å². The topological polar surface area (TPSA) is 32.3 Å². The van der Waals surface area contributed by atoms with E-state index in [1.807, 2.05) is 6.07 Å². The van der Waals surface area contributed by atoms with Crippen LogP contribution in [0, 0.1) is 11.7 Å². The number of carbonyl (C=O) groups is 1. The number of nitrogens with one attached hydrogen (secondary N) is 1. The number of hydrogen-bond donors (Lipinski definition) is 1. The van der Waals surface area contributed by atoms with E-state index in [1.54, 1.807) is 6.07 Å². The Morgan fingerprint density at radius 3 is 3.10 bits per heavy atom. The molecule has 3 nitrogen and oxygen atoms in total. The van der Waals surface area contributed by atoms with Crippen molar-refractivity contribution >= 4 is 21.8 Å². The average molecular weight is 341 g/mol. The first kappa shape index (κ1) is 14.0. The van der Waals surface area contributed by atoms with E-state index in [-0.39, 0.29) is 11.7 Å². The number of nitrogens with zero attached hydrogens (tertiary/aromatic N) is 1. The number of hydrogen-bond acceptors (Lipinski definition) is 2. The van der Waals surface area contributed by atoms with Crippen LogP contribution in [0.1, 0.15) is 24.8 Å². The van der Waals surface area contributed by atoms with E-state index in [0.717, 1.165) is 38.0 Å². The van der Waals surface area contributed by atoms with Crippen LogP contribution in [0.5, 0.6) is 0 Å². The van der Waals surface area contributed by atoms with Crippen LogP contribution >= 0.6 is 15.9 Å². The van der Waals surface area contributed by atoms with Gasteiger partial charge in [-0.3, -0.25) is 9.69 Å². The molecule has 2 aliphatic heterocycles. The summed E-state index contributed by atoms with van der Waals surface area (Å²) >= 11 is 3.33. The zero-order valence-electron chi connectivity index (χ0n) is 11.2. The second-order valence-electron chi connectivity index (χ2n) is 5.71. The molecule has 2 atom stereocenters. The molecule has 0 bridgehead atoms. The lowest BCUT2D eigenvalue weighted by molar-refractivity contribution is -0.125. The van der Waals surface area contributed by atoms with Gasteiger partial charge in [-0.2, -0.15) is 0 Å². The lowest BCUT2D eigenvalue weighted by Crippen LogP contribution is -2.53. The molecule has 1 N–H and O–H groups in total. The van der Waals surface area contributed by atoms with E-state index in [9.17, 15) is 9.18 Å². The van der Waals surface area contributed by atoms with Gasteiger partial charge in [0.25, 0.3) is 0 Å². The van der Waals surface area contributed by atoms with Crippen molar-refractivity contribution in [3.63, 3.8) is 0 Å². The maximum absolute atomic E-state index is 13.5. The van der Waals surface area contributed by atoms with Gasteiger partial charge in [0.05, 0.1) is 4.47 Å². The molecule has 108 valence electrons. The van der Waals surface area contributed by atoms with Crippen LogP contribution in [-0.4, -0.2) is 29.9 Å². The quantitative estimate of drug-likeness (QED) is 0.897. The third kappa shape index (κ3) is 2.88. The number of likely N-dealkylation sites (tertiary alicyclic amines) is 1. The van der Waals surface area contributed by atoms with Crippen molar-refractivity contribution in [1.82, 2.24) is 10.2 Å². The van der Waals surface area contributed by atoms with Crippen LogP contribution in [0.15, 0.2) is 22.7 Å². The average Bonchev–Trinajstić information content (AvgIpc) is 2.44. The van der Waals surface area contributed by atoms with Crippen molar-refractivity contribution in [1.29, 1.82) is 0 Å². The van der Waals surface area contributed by atoms with Crippen molar-refractivity contribution in [2.75, 3.05) is 13.1 Å². The van der Waals surface area contributed by atoms with E-state index >= 15 is 0 Å². The van der Waals surface area contributed by atoms with Crippen LogP contribution in [0.3, 0.4) is 0 Å². The first-order chi connectivity index (χ1) is 9.63. The van der Waals surface area contributed by atoms with E-state index in [2.05, 4.69) is 26.1 Å². The van der Waals surface area contributed by atoms with E-state index in [4.69, 9.17) is 0 Å². The summed E-state index contributed by atoms with van der Waals surface area (Å²) in [7, 11) is 0. The number of carbonyl (C=O) groups excluding carboxylic acids is 1. The molecule has 2 unspecified atom stereocenters. The number of rotatable bonds is 2. The third-order valence-electron chi connectivity index (χ3n) is 4.33. The largest absolute Gasteiger partial charge is 0.353 e. The maximum Gasteiger partial charge on any atom is 0.220 e. The van der Waals surface area contributed by atoms with Crippen molar-refractivity contribution in [3.8, 4) is 0 Å². The summed E-state index contributed by atoms with van der Waals surface area (Å²) in [6.07, 6.45) is 2.60. The summed E-state index contributed by atoms with van der Waals surface area (Å²) in [5, 5.41) is 3.09. The van der Waals surface area contributed by atoms with Gasteiger partial charge in [-0.25, -0.2) is 4.39 Å². The van der Waals surface area contributed by atoms with Gasteiger partial charge in [-0.15, -0.1) is 0 Å². The highest BCUT2D eigenvalue weighted by atomic mass is 79.9. The van der Waals surface area contributed by atoms with Gasteiger partial charge < -0.3 is 5.32 Å². The Hall–Kier alpha value is -0.940. The lowest BCUT2D eigenvalue weighted by Gasteiger charge is -2.41. The molecule has 0 radical (unpaired) electrons. The van der Waals surface area contributed by atoms with Gasteiger partial charge in [0.15, 0.2) is 0 Å². The minimum absolute atomic E-state index is 0.188. The van der Waals surface area contributed by atoms with Gasteiger partial charge in [0.1, 0.15) is 5.82 Å². The predicted molar refractivity (Wildman–Crippen MR) is 78.6 cm³/mol. The Morgan fingerprint density at radius 1 is 1.40 bits per heavy atom. The molecule has 20 heavy (non-hydrogen) atoms. The standard InChI is InChI=1S/C15H18BrFN2O/c16-15-11(2-1-3-12(15)17)9-19-7-6-13-10(8-19)4-5-14(20)18-13/h1-3,10,13H,4-9H2,(H,18,20). The monoisotopic (exact) mass is 340 g/mol. The zero-order valence-corrected chi connectivity index (χ0v) is 12.8. The number of piperidine rings is 2. The fourth-order valence-electron chi connectivity index (χ4n) is 3.24. The summed E-state index contributed by atoms with van der Waals surface area (Å²) in [4.78, 5) is 13.8. The van der Waals surface area contributed by atoms with Gasteiger partial charge in [0, 0.05) is 32.1 Å². The first-order valence-corrected chi connectivity index (χ1v) is 7.87. The Kier molecular flexibility index (Phi) is 4.08. The molecule has 2 heterocycles. The first-order valence-electron chi connectivity index (χ1n) is 7.08. The molecule has 1 aromatic carbocycles. The molecule has 2 fully saturated rings. The number of fused-ring (bicyclic) bond motifs is 1. The predicted octanol–water partition coefficient (Wildman–Crippen LogP) is 2.69. The summed E-state index contributed by atoms with van der Waals surface area (Å²) in [6, 6.07) is 5.52. The third-order valence-corrected chi connectivity index (χ3v) is 5.22. The summed E-state index contributed by atoms with van der Waals surface area (Å²) in [5.74, 6) is 0.517. The molecule has 0 saturated carbocycles. The molecule has 0 aromatic heterocycles. The molecule has 3 rings (SSSR count). The van der Waals surface area contributed by atoms with Crippen LogP contribution in [0.4, 0.5) is 4.39 Å². The fourth-order valence-corrected chi connectivity index (χ4v) is 3.63. The van der Waals surface area contributed by atoms with Crippen molar-refractivity contribution in [2.24, 2.45) is 5.92 Å². The second-order valence-corrected chi connectivity index (χ2v) is 6.50. The number of amides is 1. The highest BCUT2D eigenvalue weighted by Crippen LogP contribution is 2.28. The molecule has 2 saturated heterocycles. The SMILES string of the molecule is O=C1CCC2CN(Cc3cccc(F)c3Br)CCC2N1. The molecular weight excluding hydrogens is 323 g/mol. The number of halogens is 2. The summed E-state index contributed by atoms with van der Waals surface area (Å²) < 4.78 is 14.1. The Balaban J connectivity index is 1.65. The van der Waals surface area contributed by atoms with E-state index < -0.39 is 0 Å². The fraction of sp³-hybridized carbons (Fsp3) is 0.533. The lowest BCUT2D eigenvalue weighted by atomic mass is 9.85. The van der Waals surface area contributed by atoms with Crippen molar-refractivity contribution in [2.45, 2.75) is 31.8 Å². The smallest absolute Gasteiger partial charge is 0.220 e. The molecule has 1 amide bonds. The van der Waals surface area contributed by atoms with Gasteiger partial charge in [-0.05, 0) is 46.3 Å². The molecule has 2 aliphatic rings. The van der Waals surface area contributed by atoms with Gasteiger partial charge >= 0.3 is 0 Å². The highest BCUT2D eigenvalue weighted by Gasteiger charge is 2.33. The molecule has 5 heteroatoms. The van der Waals surface area contributed by atoms with E-state index in [1.165, 1.54) is 6.07 Å². The minimum atomic E-state index is -0.206. The Bertz CT molecular complexity index is 523. The van der Waals surface area contributed by atoms with Crippen molar-refractivity contribution < 1.29 is 9.18 Å². The maximum atomic E-state index is 13.5. The summed E-state index contributed by atoms with van der Waals surface area (Å²) in [6.45, 7) is 2.69. The number of benzene rings is 1. The minimum Gasteiger partial charge on any atom is -0.353 e. The second kappa shape index (κ2) is 5.82. The molecule has 0 spiro atoms. The van der Waals surface area contributed by atoms with Crippen LogP contribution in [-0.2, 0) is 11.3 Å². The highest BCUT2D eigenvalue weighted by molar-refractivity contribution is 9.10. The Morgan fingerprint density at radius 2 is 2.25 bits per heavy atom. The summed E-state index contributed by atoms with van der Waals surface area (Å²) in [5.41, 5.74) is 0.989. The molecular formula is C15H18BrFN2O. The Labute approximate surface area is 126 Å². The van der Waals surface area contributed by atoms with Crippen LogP contribution in [0.2, 0.25) is 0 Å².